The molecule has 10 nitrogen and oxygen atoms in total. The van der Waals surface area contributed by atoms with Gasteiger partial charge >= 0.3 is 0 Å². The Kier molecular flexibility index (Phi) is 7.66. The fraction of sp³-hybridized carbons (Fsp3) is 0.0645. The number of nitrogens with zero attached hydrogens (tertiary/aromatic N) is 4. The van der Waals surface area contributed by atoms with Crippen molar-refractivity contribution in [3.05, 3.63) is 126 Å². The Morgan fingerprint density at radius 3 is 2.74 bits per heavy atom. The maximum absolute atomic E-state index is 13.7. The first-order chi connectivity index (χ1) is 20.8. The number of non-ortho nitro benzene ring substituents is 1. The number of benzene rings is 4. The normalized spacial score (nSPS) is 11.4. The summed E-state index contributed by atoms with van der Waals surface area (Å²) in [7, 11) is 1.46. The number of nitro groups is 1. The monoisotopic (exact) mass is 658 g/mol. The molecule has 4 aromatic carbocycles. The number of para-hydroxylation sites is 1. The van der Waals surface area contributed by atoms with Crippen molar-refractivity contribution in [1.82, 2.24) is 9.66 Å². The van der Waals surface area contributed by atoms with Crippen molar-refractivity contribution < 1.29 is 18.8 Å². The van der Waals surface area contributed by atoms with E-state index in [2.05, 4.69) is 21.0 Å². The maximum atomic E-state index is 13.7. The summed E-state index contributed by atoms with van der Waals surface area (Å²) in [4.78, 5) is 29.2. The molecular weight excluding hydrogens is 640 g/mol. The number of nitro benzene ring substituents is 1. The summed E-state index contributed by atoms with van der Waals surface area (Å²) in [5.74, 6) is 1.13. The van der Waals surface area contributed by atoms with Crippen molar-refractivity contribution in [2.45, 2.75) is 6.61 Å². The van der Waals surface area contributed by atoms with Gasteiger partial charge in [0.05, 0.1) is 29.2 Å². The van der Waals surface area contributed by atoms with E-state index in [1.165, 1.54) is 25.5 Å². The number of rotatable bonds is 8. The number of ether oxygens (including phenoxy) is 2. The highest BCUT2D eigenvalue weighted by Crippen LogP contribution is 2.35. The zero-order chi connectivity index (χ0) is 30.1. The van der Waals surface area contributed by atoms with E-state index < -0.39 is 10.5 Å². The summed E-state index contributed by atoms with van der Waals surface area (Å²) < 4.78 is 19.7. The number of hydrogen-bond donors (Lipinski definition) is 0. The van der Waals surface area contributed by atoms with E-state index in [-0.39, 0.29) is 23.9 Å². The number of aromatic nitrogens is 2. The van der Waals surface area contributed by atoms with Crippen LogP contribution in [-0.4, -0.2) is 27.9 Å². The number of fused-ring (bicyclic) bond motifs is 2. The van der Waals surface area contributed by atoms with E-state index >= 15 is 0 Å². The molecule has 0 fully saturated rings. The number of methoxy groups -OCH3 is 1. The molecule has 0 atom stereocenters. The van der Waals surface area contributed by atoms with Crippen molar-refractivity contribution in [2.75, 3.05) is 7.11 Å². The molecule has 0 amide bonds. The SMILES string of the molecule is COc1cc(Cl)cc(C=Nn2c(-c3cc4cc(Br)ccc4o3)nc3ccccc3c2=O)c1OCc1cccc([N+](=O)[O-])c1. The Morgan fingerprint density at radius 1 is 1.09 bits per heavy atom. The topological polar surface area (TPSA) is 122 Å². The van der Waals surface area contributed by atoms with Crippen LogP contribution in [-0.2, 0) is 6.61 Å². The van der Waals surface area contributed by atoms with Crippen LogP contribution in [0.25, 0.3) is 33.5 Å². The van der Waals surface area contributed by atoms with Crippen LogP contribution in [0, 0.1) is 10.1 Å². The molecule has 0 aliphatic rings. The van der Waals surface area contributed by atoms with E-state index in [1.807, 2.05) is 18.2 Å². The molecule has 0 radical (unpaired) electrons. The van der Waals surface area contributed by atoms with Crippen LogP contribution in [0.15, 0.2) is 104 Å². The fourth-order valence-corrected chi connectivity index (χ4v) is 5.14. The number of halogens is 2. The molecular formula is C31H20BrClN4O6. The van der Waals surface area contributed by atoms with Gasteiger partial charge in [-0.3, -0.25) is 14.9 Å². The van der Waals surface area contributed by atoms with Gasteiger partial charge in [0.1, 0.15) is 12.2 Å². The molecule has 6 aromatic rings. The highest BCUT2D eigenvalue weighted by molar-refractivity contribution is 9.10. The number of hydrogen-bond acceptors (Lipinski definition) is 8. The fourth-order valence-electron chi connectivity index (χ4n) is 4.54. The molecule has 0 N–H and O–H groups in total. The second kappa shape index (κ2) is 11.7. The highest BCUT2D eigenvalue weighted by atomic mass is 79.9. The van der Waals surface area contributed by atoms with Gasteiger partial charge in [-0.25, -0.2) is 4.98 Å². The Bertz CT molecular complexity index is 2120. The lowest BCUT2D eigenvalue weighted by Gasteiger charge is -2.14. The predicted octanol–water partition coefficient (Wildman–Crippen LogP) is 7.60. The molecule has 0 bridgehead atoms. The highest BCUT2D eigenvalue weighted by Gasteiger charge is 2.18. The minimum atomic E-state index is -0.474. The van der Waals surface area contributed by atoms with Crippen molar-refractivity contribution in [2.24, 2.45) is 5.10 Å². The molecule has 0 saturated heterocycles. The molecule has 43 heavy (non-hydrogen) atoms. The van der Waals surface area contributed by atoms with Crippen molar-refractivity contribution in [1.29, 1.82) is 0 Å². The molecule has 0 saturated carbocycles. The van der Waals surface area contributed by atoms with Crippen LogP contribution in [0.1, 0.15) is 11.1 Å². The zero-order valence-corrected chi connectivity index (χ0v) is 24.7. The van der Waals surface area contributed by atoms with E-state index in [0.717, 1.165) is 14.5 Å². The average molecular weight is 660 g/mol. The van der Waals surface area contributed by atoms with Gasteiger partial charge in [-0.15, -0.1) is 0 Å². The van der Waals surface area contributed by atoms with Gasteiger partial charge in [0, 0.05) is 38.6 Å². The Labute approximate surface area is 257 Å². The lowest BCUT2D eigenvalue weighted by atomic mass is 10.2. The average Bonchev–Trinajstić information content (AvgIpc) is 3.43. The van der Waals surface area contributed by atoms with Crippen molar-refractivity contribution in [3.63, 3.8) is 0 Å². The Balaban J connectivity index is 1.46. The Hall–Kier alpha value is -5.00. The third-order valence-corrected chi connectivity index (χ3v) is 7.25. The van der Waals surface area contributed by atoms with E-state index in [0.29, 0.717) is 44.1 Å². The smallest absolute Gasteiger partial charge is 0.282 e. The first-order valence-corrected chi connectivity index (χ1v) is 14.0. The minimum Gasteiger partial charge on any atom is -0.493 e. The first kappa shape index (κ1) is 28.1. The van der Waals surface area contributed by atoms with Crippen molar-refractivity contribution >= 4 is 61.3 Å². The number of furan rings is 1. The van der Waals surface area contributed by atoms with Crippen LogP contribution in [0.2, 0.25) is 5.02 Å². The lowest BCUT2D eigenvalue weighted by Crippen LogP contribution is -2.20. The maximum Gasteiger partial charge on any atom is 0.282 e. The first-order valence-electron chi connectivity index (χ1n) is 12.8. The second-order valence-corrected chi connectivity index (χ2v) is 10.7. The van der Waals surface area contributed by atoms with Crippen LogP contribution in [0.3, 0.4) is 0 Å². The van der Waals surface area contributed by atoms with Crippen LogP contribution in [0.4, 0.5) is 5.69 Å². The largest absolute Gasteiger partial charge is 0.493 e. The summed E-state index contributed by atoms with van der Waals surface area (Å²) in [6.45, 7) is -0.00220. The quantitative estimate of drug-likeness (QED) is 0.0937. The van der Waals surface area contributed by atoms with E-state index in [1.54, 1.807) is 54.6 Å². The van der Waals surface area contributed by atoms with Gasteiger partial charge < -0.3 is 13.9 Å². The molecule has 0 unspecified atom stereocenters. The Morgan fingerprint density at radius 2 is 1.93 bits per heavy atom. The predicted molar refractivity (Wildman–Crippen MR) is 167 cm³/mol. The van der Waals surface area contributed by atoms with Gasteiger partial charge in [-0.2, -0.15) is 9.78 Å². The van der Waals surface area contributed by atoms with Crippen molar-refractivity contribution in [3.8, 4) is 23.1 Å². The second-order valence-electron chi connectivity index (χ2n) is 9.35. The van der Waals surface area contributed by atoms with Gasteiger partial charge in [0.15, 0.2) is 17.3 Å². The van der Waals surface area contributed by atoms with Gasteiger partial charge in [0.2, 0.25) is 5.82 Å². The zero-order valence-electron chi connectivity index (χ0n) is 22.4. The van der Waals surface area contributed by atoms with Gasteiger partial charge in [-0.1, -0.05) is 51.8 Å². The standard InChI is InChI=1S/C31H20BrClN4O6/c1-41-27-15-22(33)13-20(29(27)42-17-18-5-4-6-23(11-18)37(39)40)16-34-36-30(35-25-8-3-2-7-24(25)31(36)38)28-14-19-12-21(32)9-10-26(19)43-28/h2-16H,17H2,1H3. The molecule has 2 heterocycles. The summed E-state index contributed by atoms with van der Waals surface area (Å²) in [6.07, 6.45) is 1.41. The van der Waals surface area contributed by atoms with Crippen LogP contribution < -0.4 is 15.0 Å². The summed E-state index contributed by atoms with van der Waals surface area (Å²) in [6, 6.07) is 23.6. The molecule has 2 aromatic heterocycles. The van der Waals surface area contributed by atoms with Crippen LogP contribution in [0.5, 0.6) is 11.5 Å². The molecule has 0 aliphatic heterocycles. The van der Waals surface area contributed by atoms with Crippen LogP contribution >= 0.6 is 27.5 Å². The molecule has 6 rings (SSSR count). The van der Waals surface area contributed by atoms with E-state index in [9.17, 15) is 14.9 Å². The summed E-state index contributed by atoms with van der Waals surface area (Å²) in [5.41, 5.74) is 1.61. The lowest BCUT2D eigenvalue weighted by molar-refractivity contribution is -0.384. The third-order valence-electron chi connectivity index (χ3n) is 6.54. The van der Waals surface area contributed by atoms with Gasteiger partial charge in [-0.05, 0) is 48.0 Å². The third kappa shape index (κ3) is 5.72. The van der Waals surface area contributed by atoms with E-state index in [4.69, 9.17) is 30.5 Å². The molecule has 0 spiro atoms. The summed E-state index contributed by atoms with van der Waals surface area (Å²) >= 11 is 9.85. The molecule has 0 aliphatic carbocycles. The summed E-state index contributed by atoms with van der Waals surface area (Å²) in [5, 5.41) is 17.3. The van der Waals surface area contributed by atoms with Gasteiger partial charge in [0.25, 0.3) is 11.2 Å². The molecule has 12 heteroatoms. The minimum absolute atomic E-state index is 0.00220. The molecule has 214 valence electrons.